The first kappa shape index (κ1) is 10.4. The molecule has 0 spiro atoms. The van der Waals surface area contributed by atoms with Crippen LogP contribution in [0.2, 0.25) is 0 Å². The van der Waals surface area contributed by atoms with Crippen molar-refractivity contribution in [3.63, 3.8) is 0 Å². The molecule has 1 rings (SSSR count). The summed E-state index contributed by atoms with van der Waals surface area (Å²) in [5.41, 5.74) is 0.882. The van der Waals surface area contributed by atoms with E-state index in [4.69, 9.17) is 0 Å². The fraction of sp³-hybridized carbons (Fsp3) is 0.333. The lowest BCUT2D eigenvalue weighted by molar-refractivity contribution is -0.142. The maximum atomic E-state index is 11.1. The van der Waals surface area contributed by atoms with Gasteiger partial charge in [-0.15, -0.1) is 0 Å². The molecule has 0 aromatic carbocycles. The van der Waals surface area contributed by atoms with Crippen LogP contribution in [0.4, 0.5) is 0 Å². The van der Waals surface area contributed by atoms with E-state index in [2.05, 4.69) is 32.3 Å². The fourth-order valence-electron chi connectivity index (χ4n) is 0.956. The Morgan fingerprint density at radius 2 is 2.31 bits per heavy atom. The van der Waals surface area contributed by atoms with Crippen LogP contribution in [-0.2, 0) is 9.53 Å². The quantitative estimate of drug-likeness (QED) is 0.475. The van der Waals surface area contributed by atoms with E-state index in [0.717, 1.165) is 9.26 Å². The van der Waals surface area contributed by atoms with E-state index < -0.39 is 0 Å². The van der Waals surface area contributed by atoms with Crippen molar-refractivity contribution < 1.29 is 9.53 Å². The van der Waals surface area contributed by atoms with E-state index in [1.807, 2.05) is 12.1 Å². The van der Waals surface area contributed by atoms with Crippen molar-refractivity contribution in [2.75, 3.05) is 7.11 Å². The van der Waals surface area contributed by atoms with Gasteiger partial charge < -0.3 is 4.74 Å². The molecule has 0 bridgehead atoms. The standard InChI is InChI=1S/C9H10INO2/c1-6(9(12)13-2)7-3-4-8(10)11-5-7/h3-6H,1-2H3. The number of nitrogens with zero attached hydrogens (tertiary/aromatic N) is 1. The molecule has 0 fully saturated rings. The van der Waals surface area contributed by atoms with Crippen LogP contribution < -0.4 is 0 Å². The van der Waals surface area contributed by atoms with Crippen molar-refractivity contribution in [3.05, 3.63) is 27.6 Å². The van der Waals surface area contributed by atoms with E-state index in [9.17, 15) is 4.79 Å². The number of rotatable bonds is 2. The lowest BCUT2D eigenvalue weighted by Gasteiger charge is -2.08. The minimum atomic E-state index is -0.241. The number of halogens is 1. The maximum Gasteiger partial charge on any atom is 0.312 e. The number of aromatic nitrogens is 1. The molecular formula is C9H10INO2. The van der Waals surface area contributed by atoms with E-state index in [1.54, 1.807) is 13.1 Å². The normalized spacial score (nSPS) is 12.2. The van der Waals surface area contributed by atoms with Crippen molar-refractivity contribution in [2.24, 2.45) is 0 Å². The van der Waals surface area contributed by atoms with Crippen LogP contribution in [0.15, 0.2) is 18.3 Å². The van der Waals surface area contributed by atoms with Gasteiger partial charge in [-0.3, -0.25) is 9.78 Å². The van der Waals surface area contributed by atoms with Crippen LogP contribution in [0.25, 0.3) is 0 Å². The number of pyridine rings is 1. The zero-order chi connectivity index (χ0) is 9.84. The molecule has 3 nitrogen and oxygen atoms in total. The summed E-state index contributed by atoms with van der Waals surface area (Å²) >= 11 is 2.12. The Labute approximate surface area is 90.6 Å². The Balaban J connectivity index is 2.83. The Morgan fingerprint density at radius 3 is 2.77 bits per heavy atom. The van der Waals surface area contributed by atoms with Gasteiger partial charge >= 0.3 is 5.97 Å². The lowest BCUT2D eigenvalue weighted by atomic mass is 10.0. The molecule has 70 valence electrons. The van der Waals surface area contributed by atoms with Crippen molar-refractivity contribution in [1.29, 1.82) is 0 Å². The first-order valence-electron chi connectivity index (χ1n) is 3.84. The van der Waals surface area contributed by atoms with Gasteiger partial charge in [0.05, 0.1) is 13.0 Å². The molecule has 0 N–H and O–H groups in total. The molecule has 0 aliphatic carbocycles. The van der Waals surface area contributed by atoms with E-state index >= 15 is 0 Å². The molecule has 1 atom stereocenters. The molecule has 0 saturated carbocycles. The molecule has 1 aromatic heterocycles. The number of hydrogen-bond donors (Lipinski definition) is 0. The molecule has 0 aliphatic heterocycles. The molecular weight excluding hydrogens is 281 g/mol. The van der Waals surface area contributed by atoms with Crippen LogP contribution in [-0.4, -0.2) is 18.1 Å². The Morgan fingerprint density at radius 1 is 1.62 bits per heavy atom. The van der Waals surface area contributed by atoms with Gasteiger partial charge in [0.1, 0.15) is 3.70 Å². The zero-order valence-electron chi connectivity index (χ0n) is 7.45. The summed E-state index contributed by atoms with van der Waals surface area (Å²) in [5, 5.41) is 0. The summed E-state index contributed by atoms with van der Waals surface area (Å²) in [4.78, 5) is 15.2. The third kappa shape index (κ3) is 2.65. The van der Waals surface area contributed by atoms with Crippen LogP contribution >= 0.6 is 22.6 Å². The summed E-state index contributed by atoms with van der Waals surface area (Å²) in [5.74, 6) is -0.475. The third-order valence-corrected chi connectivity index (χ3v) is 2.44. The molecule has 0 aliphatic rings. The van der Waals surface area contributed by atoms with Gasteiger partial charge in [0.25, 0.3) is 0 Å². The third-order valence-electron chi connectivity index (χ3n) is 1.81. The van der Waals surface area contributed by atoms with Gasteiger partial charge in [-0.05, 0) is 41.1 Å². The highest BCUT2D eigenvalue weighted by Gasteiger charge is 2.15. The number of methoxy groups -OCH3 is 1. The van der Waals surface area contributed by atoms with Crippen molar-refractivity contribution in [1.82, 2.24) is 4.98 Å². The molecule has 0 radical (unpaired) electrons. The number of esters is 1. The highest BCUT2D eigenvalue weighted by atomic mass is 127. The van der Waals surface area contributed by atoms with Crippen molar-refractivity contribution in [2.45, 2.75) is 12.8 Å². The molecule has 13 heavy (non-hydrogen) atoms. The van der Waals surface area contributed by atoms with Crippen LogP contribution in [0.5, 0.6) is 0 Å². The number of carbonyl (C=O) groups is 1. The fourth-order valence-corrected chi connectivity index (χ4v) is 1.28. The molecule has 0 saturated heterocycles. The zero-order valence-corrected chi connectivity index (χ0v) is 9.61. The highest BCUT2D eigenvalue weighted by molar-refractivity contribution is 14.1. The average Bonchev–Trinajstić information content (AvgIpc) is 2.17. The van der Waals surface area contributed by atoms with E-state index in [0.29, 0.717) is 0 Å². The summed E-state index contributed by atoms with van der Waals surface area (Å²) in [6.07, 6.45) is 1.70. The van der Waals surface area contributed by atoms with Crippen molar-refractivity contribution in [3.8, 4) is 0 Å². The van der Waals surface area contributed by atoms with Gasteiger partial charge in [0.15, 0.2) is 0 Å². The minimum Gasteiger partial charge on any atom is -0.469 e. The van der Waals surface area contributed by atoms with E-state index in [1.165, 1.54) is 7.11 Å². The van der Waals surface area contributed by atoms with Crippen LogP contribution in [0.1, 0.15) is 18.4 Å². The first-order chi connectivity index (χ1) is 6.15. The Hall–Kier alpha value is -0.650. The minimum absolute atomic E-state index is 0.233. The SMILES string of the molecule is COC(=O)C(C)c1ccc(I)nc1. The summed E-state index contributed by atoms with van der Waals surface area (Å²) in [6.45, 7) is 1.80. The maximum absolute atomic E-state index is 11.1. The highest BCUT2D eigenvalue weighted by Crippen LogP contribution is 2.15. The van der Waals surface area contributed by atoms with Crippen LogP contribution in [0, 0.1) is 3.70 Å². The molecule has 4 heteroatoms. The predicted molar refractivity (Wildman–Crippen MR) is 57.4 cm³/mol. The Bertz CT molecular complexity index is 297. The van der Waals surface area contributed by atoms with Gasteiger partial charge in [0, 0.05) is 6.20 Å². The topological polar surface area (TPSA) is 39.2 Å². The van der Waals surface area contributed by atoms with Crippen molar-refractivity contribution >= 4 is 28.6 Å². The second-order valence-corrected chi connectivity index (χ2v) is 3.76. The number of ether oxygens (including phenoxy) is 1. The summed E-state index contributed by atoms with van der Waals surface area (Å²) in [6, 6.07) is 3.76. The monoisotopic (exact) mass is 291 g/mol. The summed E-state index contributed by atoms with van der Waals surface area (Å²) in [7, 11) is 1.39. The number of carbonyl (C=O) groups excluding carboxylic acids is 1. The largest absolute Gasteiger partial charge is 0.469 e. The predicted octanol–water partition coefficient (Wildman–Crippen LogP) is 1.96. The molecule has 1 aromatic rings. The van der Waals surface area contributed by atoms with Gasteiger partial charge in [-0.1, -0.05) is 6.07 Å². The average molecular weight is 291 g/mol. The van der Waals surface area contributed by atoms with E-state index in [-0.39, 0.29) is 11.9 Å². The lowest BCUT2D eigenvalue weighted by Crippen LogP contribution is -2.10. The Kier molecular flexibility index (Phi) is 3.65. The van der Waals surface area contributed by atoms with Gasteiger partial charge in [-0.2, -0.15) is 0 Å². The van der Waals surface area contributed by atoms with Gasteiger partial charge in [0.2, 0.25) is 0 Å². The molecule has 1 heterocycles. The van der Waals surface area contributed by atoms with Gasteiger partial charge in [-0.25, -0.2) is 0 Å². The molecule has 0 amide bonds. The second-order valence-electron chi connectivity index (χ2n) is 2.66. The summed E-state index contributed by atoms with van der Waals surface area (Å²) < 4.78 is 5.54. The number of hydrogen-bond acceptors (Lipinski definition) is 3. The first-order valence-corrected chi connectivity index (χ1v) is 4.92. The second kappa shape index (κ2) is 4.55. The smallest absolute Gasteiger partial charge is 0.312 e. The molecule has 1 unspecified atom stereocenters. The van der Waals surface area contributed by atoms with Crippen LogP contribution in [0.3, 0.4) is 0 Å².